The number of allylic oxidation sites excluding steroid dienone is 1. The number of fused-ring (bicyclic) bond motifs is 1. The molecule has 0 saturated heterocycles. The number of ether oxygens (including phenoxy) is 2. The van der Waals surface area contributed by atoms with Crippen molar-refractivity contribution >= 4 is 44.9 Å². The Balaban J connectivity index is 1.36. The molecule has 6 rings (SSSR count). The minimum Gasteiger partial charge on any atom is -0.497 e. The summed E-state index contributed by atoms with van der Waals surface area (Å²) in [7, 11) is 1.59. The number of rotatable bonds is 8. The number of nitrogens with one attached hydrogen (secondary N) is 1. The average molecular weight is 692 g/mol. The zero-order valence-electron chi connectivity index (χ0n) is 24.9. The van der Waals surface area contributed by atoms with Crippen molar-refractivity contribution in [1.29, 1.82) is 5.26 Å². The third-order valence-corrected chi connectivity index (χ3v) is 9.11. The first-order chi connectivity index (χ1) is 22.4. The molecule has 1 aliphatic rings. The summed E-state index contributed by atoms with van der Waals surface area (Å²) in [4.78, 5) is 33.0. The zero-order chi connectivity index (χ0) is 32.2. The number of carbonyl (C=O) groups excluding carboxylic acids is 1. The fourth-order valence-electron chi connectivity index (χ4n) is 5.22. The first-order valence-corrected chi connectivity index (χ1v) is 15.9. The number of thiazole rings is 1. The molecule has 0 bridgehead atoms. The maximum absolute atomic E-state index is 14.1. The van der Waals surface area contributed by atoms with Gasteiger partial charge in [0, 0.05) is 11.3 Å². The summed E-state index contributed by atoms with van der Waals surface area (Å²) in [5.74, 6) is 0.939. The lowest BCUT2D eigenvalue weighted by atomic mass is 9.95. The first-order valence-electron chi connectivity index (χ1n) is 14.3. The second-order valence-electron chi connectivity index (χ2n) is 10.4. The lowest BCUT2D eigenvalue weighted by molar-refractivity contribution is -0.113. The Bertz CT molecular complexity index is 2200. The van der Waals surface area contributed by atoms with E-state index in [2.05, 4.69) is 27.3 Å². The maximum atomic E-state index is 14.1. The van der Waals surface area contributed by atoms with E-state index < -0.39 is 6.04 Å². The standard InChI is InChI=1S/C36H27BrN4O4S/c1-22-32(34(42)40-27-10-4-3-5-11-27)33(24-13-15-28(44-2)16-14-24)41-35(43)31(46-36(41)39-22)19-23-12-17-30(29(37)18-23)45-21-26-9-7-6-8-25(26)20-38/h3-19,33H,21H2,1-2H3,(H,40,42)/b31-19+/t33-/m1/s1. The second-order valence-corrected chi connectivity index (χ2v) is 12.3. The van der Waals surface area contributed by atoms with Crippen LogP contribution in [0.1, 0.15) is 35.2 Å². The predicted octanol–water partition coefficient (Wildman–Crippen LogP) is 6.10. The van der Waals surface area contributed by atoms with Gasteiger partial charge in [-0.2, -0.15) is 5.26 Å². The first kappa shape index (κ1) is 30.8. The van der Waals surface area contributed by atoms with E-state index >= 15 is 0 Å². The number of anilines is 1. The van der Waals surface area contributed by atoms with Crippen molar-refractivity contribution < 1.29 is 14.3 Å². The highest BCUT2D eigenvalue weighted by atomic mass is 79.9. The lowest BCUT2D eigenvalue weighted by Gasteiger charge is -2.25. The van der Waals surface area contributed by atoms with E-state index in [1.165, 1.54) is 11.3 Å². The monoisotopic (exact) mass is 690 g/mol. The third-order valence-electron chi connectivity index (χ3n) is 7.50. The van der Waals surface area contributed by atoms with Crippen molar-refractivity contribution in [3.8, 4) is 17.6 Å². The molecule has 46 heavy (non-hydrogen) atoms. The van der Waals surface area contributed by atoms with Crippen LogP contribution in [0.2, 0.25) is 0 Å². The SMILES string of the molecule is COc1ccc([C@@H]2C(C(=O)Nc3ccccc3)=C(C)N=c3s/c(=C/c4ccc(OCc5ccccc5C#N)c(Br)c4)c(=O)n32)cc1. The second kappa shape index (κ2) is 13.4. The van der Waals surface area contributed by atoms with Crippen LogP contribution in [0.15, 0.2) is 123 Å². The highest BCUT2D eigenvalue weighted by Crippen LogP contribution is 2.32. The van der Waals surface area contributed by atoms with Crippen LogP contribution in [-0.2, 0) is 11.4 Å². The van der Waals surface area contributed by atoms with Crippen LogP contribution in [0, 0.1) is 11.3 Å². The summed E-state index contributed by atoms with van der Waals surface area (Å²) in [6, 6.07) is 30.9. The quantitative estimate of drug-likeness (QED) is 0.212. The Hall–Kier alpha value is -5.24. The Kier molecular flexibility index (Phi) is 8.97. The van der Waals surface area contributed by atoms with Gasteiger partial charge >= 0.3 is 0 Å². The number of para-hydroxylation sites is 1. The van der Waals surface area contributed by atoms with Gasteiger partial charge in [-0.1, -0.05) is 65.9 Å². The minimum absolute atomic E-state index is 0.241. The molecule has 0 saturated carbocycles. The van der Waals surface area contributed by atoms with E-state index in [0.29, 0.717) is 47.8 Å². The zero-order valence-corrected chi connectivity index (χ0v) is 27.3. The van der Waals surface area contributed by atoms with Crippen molar-refractivity contribution in [2.24, 2.45) is 4.99 Å². The molecule has 0 radical (unpaired) electrons. The summed E-state index contributed by atoms with van der Waals surface area (Å²) < 4.78 is 14.1. The van der Waals surface area contributed by atoms with Crippen LogP contribution in [0.25, 0.3) is 6.08 Å². The molecule has 228 valence electrons. The number of nitrogens with zero attached hydrogens (tertiary/aromatic N) is 3. The fourth-order valence-corrected chi connectivity index (χ4v) is 6.78. The molecule has 1 N–H and O–H groups in total. The minimum atomic E-state index is -0.702. The normalized spacial score (nSPS) is 14.2. The van der Waals surface area contributed by atoms with Gasteiger partial charge in [0.05, 0.1) is 45.1 Å². The van der Waals surface area contributed by atoms with Gasteiger partial charge in [0.1, 0.15) is 18.1 Å². The van der Waals surface area contributed by atoms with Crippen molar-refractivity contribution in [1.82, 2.24) is 4.57 Å². The van der Waals surface area contributed by atoms with Gasteiger partial charge in [-0.15, -0.1) is 0 Å². The number of hydrogen-bond donors (Lipinski definition) is 1. The van der Waals surface area contributed by atoms with Gasteiger partial charge in [0.15, 0.2) is 4.80 Å². The van der Waals surface area contributed by atoms with Gasteiger partial charge in [-0.05, 0) is 82.5 Å². The number of benzene rings is 4. The summed E-state index contributed by atoms with van der Waals surface area (Å²) in [6.45, 7) is 2.03. The Labute approximate surface area is 277 Å². The van der Waals surface area contributed by atoms with Gasteiger partial charge in [0.25, 0.3) is 11.5 Å². The maximum Gasteiger partial charge on any atom is 0.271 e. The molecule has 1 aliphatic heterocycles. The van der Waals surface area contributed by atoms with Crippen LogP contribution < -0.4 is 29.7 Å². The number of nitriles is 1. The molecule has 0 unspecified atom stereocenters. The number of hydrogen-bond acceptors (Lipinski definition) is 7. The molecule has 10 heteroatoms. The van der Waals surface area contributed by atoms with Gasteiger partial charge in [-0.3, -0.25) is 14.2 Å². The molecule has 5 aromatic rings. The van der Waals surface area contributed by atoms with E-state index in [9.17, 15) is 14.9 Å². The van der Waals surface area contributed by atoms with Gasteiger partial charge < -0.3 is 14.8 Å². The highest BCUT2D eigenvalue weighted by Gasteiger charge is 2.32. The summed E-state index contributed by atoms with van der Waals surface area (Å²) in [5, 5.41) is 12.3. The van der Waals surface area contributed by atoms with Crippen LogP contribution >= 0.6 is 27.3 Å². The van der Waals surface area contributed by atoms with Crippen molar-refractivity contribution in [3.63, 3.8) is 0 Å². The van der Waals surface area contributed by atoms with Crippen LogP contribution in [-0.4, -0.2) is 17.6 Å². The lowest BCUT2D eigenvalue weighted by Crippen LogP contribution is -2.40. The van der Waals surface area contributed by atoms with E-state index in [4.69, 9.17) is 14.5 Å². The topological polar surface area (TPSA) is 106 Å². The van der Waals surface area contributed by atoms with Crippen molar-refractivity contribution in [2.45, 2.75) is 19.6 Å². The molecule has 0 aliphatic carbocycles. The molecular weight excluding hydrogens is 664 g/mol. The van der Waals surface area contributed by atoms with Gasteiger partial charge in [-0.25, -0.2) is 4.99 Å². The average Bonchev–Trinajstić information content (AvgIpc) is 3.37. The van der Waals surface area contributed by atoms with Crippen molar-refractivity contribution in [3.05, 3.63) is 155 Å². The molecule has 1 atom stereocenters. The predicted molar refractivity (Wildman–Crippen MR) is 181 cm³/mol. The Morgan fingerprint density at radius 3 is 2.52 bits per heavy atom. The number of aromatic nitrogens is 1. The Morgan fingerprint density at radius 1 is 1.07 bits per heavy atom. The number of methoxy groups -OCH3 is 1. The van der Waals surface area contributed by atoms with E-state index in [0.717, 1.165) is 16.7 Å². The molecule has 1 aromatic heterocycles. The van der Waals surface area contributed by atoms with E-state index in [1.807, 2.05) is 91.0 Å². The van der Waals surface area contributed by atoms with E-state index in [-0.39, 0.29) is 18.1 Å². The third kappa shape index (κ3) is 6.29. The molecule has 8 nitrogen and oxygen atoms in total. The Morgan fingerprint density at radius 2 is 1.80 bits per heavy atom. The van der Waals surface area contributed by atoms with E-state index in [1.54, 1.807) is 30.7 Å². The molecule has 1 amide bonds. The van der Waals surface area contributed by atoms with Crippen LogP contribution in [0.4, 0.5) is 5.69 Å². The van der Waals surface area contributed by atoms with Crippen molar-refractivity contribution in [2.75, 3.05) is 12.4 Å². The smallest absolute Gasteiger partial charge is 0.271 e. The highest BCUT2D eigenvalue weighted by molar-refractivity contribution is 9.10. The fraction of sp³-hybridized carbons (Fsp3) is 0.111. The number of halogens is 1. The van der Waals surface area contributed by atoms with Gasteiger partial charge in [0.2, 0.25) is 0 Å². The summed E-state index contributed by atoms with van der Waals surface area (Å²) in [5.41, 5.74) is 4.19. The van der Waals surface area contributed by atoms with Crippen LogP contribution in [0.3, 0.4) is 0 Å². The van der Waals surface area contributed by atoms with Crippen LogP contribution in [0.5, 0.6) is 11.5 Å². The molecule has 0 spiro atoms. The summed E-state index contributed by atoms with van der Waals surface area (Å²) >= 11 is 4.85. The molecule has 4 aromatic carbocycles. The number of amides is 1. The molecular formula is C36H27BrN4O4S. The molecule has 2 heterocycles. The molecule has 0 fully saturated rings. The summed E-state index contributed by atoms with van der Waals surface area (Å²) in [6.07, 6.45) is 1.80. The largest absolute Gasteiger partial charge is 0.497 e. The number of carbonyl (C=O) groups is 1.